The zero-order chi connectivity index (χ0) is 36.1. The fourth-order valence-electron chi connectivity index (χ4n) is 9.76. The first-order valence-corrected chi connectivity index (χ1v) is 19.8. The van der Waals surface area contributed by atoms with Gasteiger partial charge in [0.2, 0.25) is 5.95 Å². The molecule has 3 aliphatic carbocycles. The van der Waals surface area contributed by atoms with Crippen LogP contribution in [0.15, 0.2) is 192 Å². The number of benzene rings is 6. The first-order valence-electron chi connectivity index (χ1n) is 19.0. The van der Waals surface area contributed by atoms with Crippen LogP contribution in [0.5, 0.6) is 0 Å². The molecule has 4 aliphatic rings. The molecular formula is C51H33N3S. The lowest BCUT2D eigenvalue weighted by Crippen LogP contribution is -2.32. The van der Waals surface area contributed by atoms with E-state index in [9.17, 15) is 0 Å². The molecule has 0 saturated carbocycles. The molecule has 2 unspecified atom stereocenters. The van der Waals surface area contributed by atoms with Crippen LogP contribution in [0.2, 0.25) is 0 Å². The maximum absolute atomic E-state index is 5.39. The second kappa shape index (κ2) is 11.8. The van der Waals surface area contributed by atoms with Crippen molar-refractivity contribution in [2.45, 2.75) is 21.1 Å². The minimum atomic E-state index is -0.454. The Morgan fingerprint density at radius 2 is 1.13 bits per heavy atom. The van der Waals surface area contributed by atoms with E-state index >= 15 is 0 Å². The molecule has 12 rings (SSSR count). The fourth-order valence-corrected chi connectivity index (χ4v) is 11.0. The third-order valence-corrected chi connectivity index (χ3v) is 13.2. The van der Waals surface area contributed by atoms with Gasteiger partial charge in [0.25, 0.3) is 0 Å². The van der Waals surface area contributed by atoms with Gasteiger partial charge in [-0.1, -0.05) is 170 Å². The van der Waals surface area contributed by atoms with Gasteiger partial charge in [-0.2, -0.15) is 0 Å². The van der Waals surface area contributed by atoms with Gasteiger partial charge < -0.3 is 0 Å². The molecule has 3 heterocycles. The van der Waals surface area contributed by atoms with Gasteiger partial charge in [0.1, 0.15) is 0 Å². The summed E-state index contributed by atoms with van der Waals surface area (Å²) in [6.07, 6.45) is 13.8. The van der Waals surface area contributed by atoms with Crippen LogP contribution in [0.4, 0.5) is 0 Å². The first-order chi connectivity index (χ1) is 27.3. The second-order valence-corrected chi connectivity index (χ2v) is 15.9. The Kier molecular flexibility index (Phi) is 6.61. The molecule has 55 heavy (non-hydrogen) atoms. The van der Waals surface area contributed by atoms with Gasteiger partial charge in [-0.05, 0) is 69.3 Å². The molecule has 0 saturated heterocycles. The maximum atomic E-state index is 5.39. The van der Waals surface area contributed by atoms with Crippen molar-refractivity contribution in [1.29, 1.82) is 0 Å². The van der Waals surface area contributed by atoms with Gasteiger partial charge in [0.15, 0.2) is 0 Å². The minimum Gasteiger partial charge on any atom is -0.278 e. The van der Waals surface area contributed by atoms with Gasteiger partial charge in [0.05, 0.1) is 28.0 Å². The molecule has 0 amide bonds. The monoisotopic (exact) mass is 719 g/mol. The quantitative estimate of drug-likeness (QED) is 0.182. The zero-order valence-corrected chi connectivity index (χ0v) is 30.6. The summed E-state index contributed by atoms with van der Waals surface area (Å²) in [6, 6.07) is 55.2. The van der Waals surface area contributed by atoms with Gasteiger partial charge in [0, 0.05) is 38.1 Å². The lowest BCUT2D eigenvalue weighted by atomic mass is 9.67. The Labute approximate surface area is 324 Å². The molecule has 6 aromatic carbocycles. The van der Waals surface area contributed by atoms with Crippen molar-refractivity contribution in [2.75, 3.05) is 0 Å². The highest BCUT2D eigenvalue weighted by Crippen LogP contribution is 2.63. The molecular weight excluding hydrogens is 687 g/mol. The third kappa shape index (κ3) is 4.34. The SMILES string of the molecule is C1=CC2C=Cc3c(c4cc5c(cc4n3-c3nc(-c4ccccc4)cc(-c4ccccc4)n3)Sc3ccccc3C53c4ccccc4-c4ccccc43)C2C=C1. The molecule has 1 spiro atoms. The van der Waals surface area contributed by atoms with Crippen LogP contribution in [0.1, 0.15) is 39.4 Å². The van der Waals surface area contributed by atoms with E-state index < -0.39 is 5.41 Å². The lowest BCUT2D eigenvalue weighted by molar-refractivity contribution is 0.692. The van der Waals surface area contributed by atoms with Crippen molar-refractivity contribution >= 4 is 28.7 Å². The Hall–Kier alpha value is -6.49. The van der Waals surface area contributed by atoms with Crippen molar-refractivity contribution in [1.82, 2.24) is 14.5 Å². The van der Waals surface area contributed by atoms with Crippen LogP contribution >= 0.6 is 11.8 Å². The Morgan fingerprint density at radius 3 is 1.82 bits per heavy atom. The number of fused-ring (bicyclic) bond motifs is 14. The highest BCUT2D eigenvalue weighted by molar-refractivity contribution is 7.99. The van der Waals surface area contributed by atoms with Crippen molar-refractivity contribution in [3.05, 3.63) is 216 Å². The second-order valence-electron chi connectivity index (χ2n) is 14.8. The minimum absolute atomic E-state index is 0.195. The summed E-state index contributed by atoms with van der Waals surface area (Å²) in [5.41, 5.74) is 15.1. The summed E-state index contributed by atoms with van der Waals surface area (Å²) < 4.78 is 2.34. The smallest absolute Gasteiger partial charge is 0.235 e. The number of hydrogen-bond donors (Lipinski definition) is 0. The molecule has 0 radical (unpaired) electrons. The maximum Gasteiger partial charge on any atom is 0.235 e. The van der Waals surface area contributed by atoms with E-state index in [0.29, 0.717) is 5.95 Å². The van der Waals surface area contributed by atoms with E-state index in [0.717, 1.165) is 33.7 Å². The van der Waals surface area contributed by atoms with Crippen LogP contribution in [0.25, 0.3) is 56.6 Å². The summed E-state index contributed by atoms with van der Waals surface area (Å²) in [5.74, 6) is 1.15. The van der Waals surface area contributed by atoms with Crippen molar-refractivity contribution in [3.63, 3.8) is 0 Å². The fraction of sp³-hybridized carbons (Fsp3) is 0.0588. The van der Waals surface area contributed by atoms with E-state index in [-0.39, 0.29) is 11.8 Å². The highest BCUT2D eigenvalue weighted by Gasteiger charge is 2.50. The van der Waals surface area contributed by atoms with Gasteiger partial charge >= 0.3 is 0 Å². The van der Waals surface area contributed by atoms with E-state index in [1.165, 1.54) is 54.1 Å². The van der Waals surface area contributed by atoms with Crippen LogP contribution in [0, 0.1) is 5.92 Å². The highest BCUT2D eigenvalue weighted by atomic mass is 32.2. The molecule has 0 fully saturated rings. The van der Waals surface area contributed by atoms with Crippen molar-refractivity contribution in [2.24, 2.45) is 5.92 Å². The first kappa shape index (κ1) is 30.9. The number of hydrogen-bond acceptors (Lipinski definition) is 3. The molecule has 0 bridgehead atoms. The summed E-state index contributed by atoms with van der Waals surface area (Å²) >= 11 is 1.88. The molecule has 258 valence electrons. The van der Waals surface area contributed by atoms with Crippen LogP contribution in [0.3, 0.4) is 0 Å². The lowest BCUT2D eigenvalue weighted by Gasteiger charge is -2.39. The number of rotatable bonds is 3. The number of nitrogens with zero attached hydrogens (tertiary/aromatic N) is 3. The Morgan fingerprint density at radius 1 is 0.527 bits per heavy atom. The average molecular weight is 720 g/mol. The average Bonchev–Trinajstić information content (AvgIpc) is 3.74. The van der Waals surface area contributed by atoms with Gasteiger partial charge in [-0.15, -0.1) is 0 Å². The topological polar surface area (TPSA) is 30.7 Å². The molecule has 2 atom stereocenters. The van der Waals surface area contributed by atoms with E-state index in [1.54, 1.807) is 0 Å². The largest absolute Gasteiger partial charge is 0.278 e. The number of allylic oxidation sites excluding steroid dienone is 5. The molecule has 4 heteroatoms. The third-order valence-electron chi connectivity index (χ3n) is 12.1. The molecule has 0 N–H and O–H groups in total. The Bertz CT molecular complexity index is 2870. The van der Waals surface area contributed by atoms with Gasteiger partial charge in [-0.25, -0.2) is 9.97 Å². The van der Waals surface area contributed by atoms with Gasteiger partial charge in [-0.3, -0.25) is 4.57 Å². The van der Waals surface area contributed by atoms with E-state index in [2.05, 4.69) is 193 Å². The molecule has 8 aromatic rings. The zero-order valence-electron chi connectivity index (χ0n) is 29.8. The van der Waals surface area contributed by atoms with Crippen LogP contribution in [-0.4, -0.2) is 14.5 Å². The normalized spacial score (nSPS) is 17.7. The summed E-state index contributed by atoms with van der Waals surface area (Å²) in [7, 11) is 0. The van der Waals surface area contributed by atoms with Crippen molar-refractivity contribution < 1.29 is 0 Å². The van der Waals surface area contributed by atoms with Crippen molar-refractivity contribution in [3.8, 4) is 39.6 Å². The standard InChI is InChI=1S/C51H33N3S/c1-3-16-33(17-4-1)43-30-44(34-18-5-2-6-19-34)53-50(52-43)54-45-28-27-32-15-7-8-20-35(32)49(45)38-29-42-48(31-46(38)54)55-47-26-14-13-25-41(47)51(42)39-23-11-9-21-36(39)37-22-10-12-24-40(37)51/h1-32,35H. The number of aromatic nitrogens is 3. The molecule has 1 aliphatic heterocycles. The predicted molar refractivity (Wildman–Crippen MR) is 225 cm³/mol. The van der Waals surface area contributed by atoms with Crippen LogP contribution < -0.4 is 0 Å². The molecule has 2 aromatic heterocycles. The Balaban J connectivity index is 1.20. The van der Waals surface area contributed by atoms with Crippen LogP contribution in [-0.2, 0) is 5.41 Å². The van der Waals surface area contributed by atoms with E-state index in [1.807, 2.05) is 11.8 Å². The summed E-state index contributed by atoms with van der Waals surface area (Å²) in [5, 5.41) is 1.25. The predicted octanol–water partition coefficient (Wildman–Crippen LogP) is 12.4. The summed E-state index contributed by atoms with van der Waals surface area (Å²) in [4.78, 5) is 13.3. The summed E-state index contributed by atoms with van der Waals surface area (Å²) in [6.45, 7) is 0. The molecule has 3 nitrogen and oxygen atoms in total. The van der Waals surface area contributed by atoms with E-state index in [4.69, 9.17) is 9.97 Å².